The number of carboxylic acid groups (broad SMARTS) is 1. The highest BCUT2D eigenvalue weighted by Crippen LogP contribution is 2.21. The summed E-state index contributed by atoms with van der Waals surface area (Å²) in [6, 6.07) is 2.77. The lowest BCUT2D eigenvalue weighted by molar-refractivity contribution is -0.137. The average molecular weight is 360 g/mol. The second kappa shape index (κ2) is 6.90. The Morgan fingerprint density at radius 3 is 2.88 bits per heavy atom. The maximum absolute atomic E-state index is 14.1. The van der Waals surface area contributed by atoms with Crippen LogP contribution in [-0.4, -0.2) is 41.7 Å². The average Bonchev–Trinajstić information content (AvgIpc) is 2.96. The van der Waals surface area contributed by atoms with Crippen molar-refractivity contribution >= 4 is 17.4 Å². The number of pyridine rings is 1. The lowest BCUT2D eigenvalue weighted by Crippen LogP contribution is -2.29. The Balaban J connectivity index is 1.96. The zero-order valence-electron chi connectivity index (χ0n) is 14.1. The third-order valence-corrected chi connectivity index (χ3v) is 3.94. The van der Waals surface area contributed by atoms with E-state index in [-0.39, 0.29) is 24.0 Å². The van der Waals surface area contributed by atoms with Crippen LogP contribution in [0.1, 0.15) is 20.3 Å². The van der Waals surface area contributed by atoms with E-state index in [2.05, 4.69) is 25.5 Å². The molecule has 0 fully saturated rings. The van der Waals surface area contributed by atoms with Gasteiger partial charge in [-0.15, -0.1) is 0 Å². The molecule has 136 valence electrons. The monoisotopic (exact) mass is 360 g/mol. The first-order chi connectivity index (χ1) is 12.3. The highest BCUT2D eigenvalue weighted by atomic mass is 19.1. The predicted octanol–water partition coefficient (Wildman–Crippen LogP) is 1.53. The van der Waals surface area contributed by atoms with Crippen molar-refractivity contribution in [2.24, 2.45) is 5.92 Å². The second-order valence-electron chi connectivity index (χ2n) is 6.16. The maximum atomic E-state index is 14.1. The third-order valence-electron chi connectivity index (χ3n) is 3.94. The molecule has 0 amide bonds. The summed E-state index contributed by atoms with van der Waals surface area (Å²) in [5.41, 5.74) is 0.507. The molecule has 0 saturated carbocycles. The largest absolute Gasteiger partial charge is 0.481 e. The predicted molar refractivity (Wildman–Crippen MR) is 91.3 cm³/mol. The minimum Gasteiger partial charge on any atom is -0.481 e. The fourth-order valence-electron chi connectivity index (χ4n) is 2.46. The van der Waals surface area contributed by atoms with Gasteiger partial charge in [0, 0.05) is 17.8 Å². The van der Waals surface area contributed by atoms with Crippen LogP contribution in [0.2, 0.25) is 0 Å². The molecule has 0 aromatic carbocycles. The van der Waals surface area contributed by atoms with Crippen molar-refractivity contribution in [1.82, 2.24) is 24.6 Å². The first-order valence-corrected chi connectivity index (χ1v) is 7.93. The van der Waals surface area contributed by atoms with Gasteiger partial charge in [-0.3, -0.25) is 4.79 Å². The summed E-state index contributed by atoms with van der Waals surface area (Å²) in [5.74, 6) is -1.62. The molecule has 3 aromatic heterocycles. The normalized spacial score (nSPS) is 12.5. The number of nitrogens with one attached hydrogen (secondary N) is 2. The van der Waals surface area contributed by atoms with E-state index in [0.29, 0.717) is 11.2 Å². The standard InChI is InChI=1S/C16H17FN6O3/c1-8(2)11(5-13(24)25)19-15-10(17)6-18-14(20-15)9-3-4-12-21-22-16(26)23(12)7-9/h3-4,6-8,11H,5H2,1-2H3,(H,22,26)(H,24,25)(H,18,19,20). The van der Waals surface area contributed by atoms with E-state index in [0.717, 1.165) is 6.20 Å². The number of H-pyrrole nitrogens is 1. The van der Waals surface area contributed by atoms with Crippen LogP contribution in [-0.2, 0) is 4.79 Å². The van der Waals surface area contributed by atoms with Crippen molar-refractivity contribution in [1.29, 1.82) is 0 Å². The molecule has 3 aromatic rings. The van der Waals surface area contributed by atoms with Crippen molar-refractivity contribution in [3.8, 4) is 11.4 Å². The molecule has 26 heavy (non-hydrogen) atoms. The zero-order chi connectivity index (χ0) is 18.8. The molecule has 9 nitrogen and oxygen atoms in total. The van der Waals surface area contributed by atoms with Gasteiger partial charge in [-0.2, -0.15) is 5.10 Å². The van der Waals surface area contributed by atoms with Gasteiger partial charge in [0.15, 0.2) is 23.1 Å². The number of nitrogens with zero attached hydrogens (tertiary/aromatic N) is 4. The highest BCUT2D eigenvalue weighted by Gasteiger charge is 2.20. The van der Waals surface area contributed by atoms with Gasteiger partial charge in [-0.05, 0) is 18.1 Å². The Bertz CT molecular complexity index is 1010. The molecule has 10 heteroatoms. The minimum atomic E-state index is -0.990. The van der Waals surface area contributed by atoms with Gasteiger partial charge < -0.3 is 10.4 Å². The number of rotatable bonds is 6. The molecule has 0 saturated heterocycles. The van der Waals surface area contributed by atoms with Crippen LogP contribution in [0.4, 0.5) is 10.2 Å². The first-order valence-electron chi connectivity index (χ1n) is 7.93. The molecular formula is C16H17FN6O3. The van der Waals surface area contributed by atoms with Crippen LogP contribution in [0.5, 0.6) is 0 Å². The van der Waals surface area contributed by atoms with Crippen LogP contribution >= 0.6 is 0 Å². The second-order valence-corrected chi connectivity index (χ2v) is 6.16. The molecule has 1 unspecified atom stereocenters. The quantitative estimate of drug-likeness (QED) is 0.608. The topological polar surface area (TPSA) is 125 Å². The number of aliphatic carboxylic acids is 1. The Morgan fingerprint density at radius 2 is 2.19 bits per heavy atom. The van der Waals surface area contributed by atoms with Gasteiger partial charge >= 0.3 is 11.7 Å². The van der Waals surface area contributed by atoms with E-state index >= 15 is 0 Å². The number of aromatic amines is 1. The first kappa shape index (κ1) is 17.5. The highest BCUT2D eigenvalue weighted by molar-refractivity contribution is 5.68. The Hall–Kier alpha value is -3.30. The number of anilines is 1. The van der Waals surface area contributed by atoms with Crippen molar-refractivity contribution in [2.45, 2.75) is 26.3 Å². The van der Waals surface area contributed by atoms with Crippen LogP contribution < -0.4 is 11.0 Å². The van der Waals surface area contributed by atoms with Gasteiger partial charge in [-0.25, -0.2) is 28.7 Å². The summed E-state index contributed by atoms with van der Waals surface area (Å²) in [4.78, 5) is 30.8. The van der Waals surface area contributed by atoms with Crippen LogP contribution in [0.25, 0.3) is 17.0 Å². The van der Waals surface area contributed by atoms with E-state index in [1.807, 2.05) is 13.8 Å². The molecule has 3 N–H and O–H groups in total. The molecule has 0 aliphatic rings. The SMILES string of the molecule is CC(C)C(CC(=O)O)Nc1nc(-c2ccc3n[nH]c(=O)n3c2)ncc1F. The number of fused-ring (bicyclic) bond motifs is 1. The van der Waals surface area contributed by atoms with Crippen molar-refractivity contribution in [3.63, 3.8) is 0 Å². The molecule has 0 spiro atoms. The fourth-order valence-corrected chi connectivity index (χ4v) is 2.46. The summed E-state index contributed by atoms with van der Waals surface area (Å²) in [6.45, 7) is 3.67. The smallest absolute Gasteiger partial charge is 0.347 e. The number of aromatic nitrogens is 5. The van der Waals surface area contributed by atoms with Crippen molar-refractivity contribution < 1.29 is 14.3 Å². The molecule has 0 radical (unpaired) electrons. The number of carboxylic acids is 1. The van der Waals surface area contributed by atoms with Gasteiger partial charge in [-0.1, -0.05) is 13.8 Å². The summed E-state index contributed by atoms with van der Waals surface area (Å²) in [7, 11) is 0. The minimum absolute atomic E-state index is 0.0511. The fraction of sp³-hybridized carbons (Fsp3) is 0.312. The summed E-state index contributed by atoms with van der Waals surface area (Å²) < 4.78 is 15.4. The summed E-state index contributed by atoms with van der Waals surface area (Å²) >= 11 is 0. The number of hydrogen-bond donors (Lipinski definition) is 3. The van der Waals surface area contributed by atoms with Crippen LogP contribution in [0.3, 0.4) is 0 Å². The van der Waals surface area contributed by atoms with Crippen LogP contribution in [0, 0.1) is 11.7 Å². The van der Waals surface area contributed by atoms with Crippen molar-refractivity contribution in [2.75, 3.05) is 5.32 Å². The van der Waals surface area contributed by atoms with Gasteiger partial charge in [0.05, 0.1) is 12.6 Å². The molecule has 0 aliphatic heterocycles. The van der Waals surface area contributed by atoms with Gasteiger partial charge in [0.1, 0.15) is 0 Å². The molecule has 0 bridgehead atoms. The zero-order valence-corrected chi connectivity index (χ0v) is 14.1. The van der Waals surface area contributed by atoms with E-state index in [1.54, 1.807) is 12.1 Å². The van der Waals surface area contributed by atoms with E-state index in [4.69, 9.17) is 5.11 Å². The third kappa shape index (κ3) is 3.53. The molecule has 3 rings (SSSR count). The summed E-state index contributed by atoms with van der Waals surface area (Å²) in [5, 5.41) is 18.0. The summed E-state index contributed by atoms with van der Waals surface area (Å²) in [6.07, 6.45) is 2.33. The number of hydrogen-bond acceptors (Lipinski definition) is 6. The van der Waals surface area contributed by atoms with Crippen LogP contribution in [0.15, 0.2) is 29.3 Å². The molecular weight excluding hydrogens is 343 g/mol. The lowest BCUT2D eigenvalue weighted by Gasteiger charge is -2.21. The Labute approximate surface area is 146 Å². The van der Waals surface area contributed by atoms with E-state index < -0.39 is 23.5 Å². The molecule has 3 heterocycles. The van der Waals surface area contributed by atoms with Gasteiger partial charge in [0.25, 0.3) is 0 Å². The van der Waals surface area contributed by atoms with Gasteiger partial charge in [0.2, 0.25) is 0 Å². The van der Waals surface area contributed by atoms with E-state index in [1.165, 1.54) is 10.6 Å². The number of carbonyl (C=O) groups is 1. The molecule has 0 aliphatic carbocycles. The molecule has 1 atom stereocenters. The lowest BCUT2D eigenvalue weighted by atomic mass is 10.0. The van der Waals surface area contributed by atoms with Crippen molar-refractivity contribution in [3.05, 3.63) is 40.8 Å². The maximum Gasteiger partial charge on any atom is 0.347 e. The Morgan fingerprint density at radius 1 is 1.42 bits per heavy atom. The number of halogens is 1. The Kier molecular flexibility index (Phi) is 4.65. The van der Waals surface area contributed by atoms with E-state index in [9.17, 15) is 14.0 Å².